The maximum Gasteiger partial charge on any atom is 0.164 e. The molecule has 1 N–H and O–H groups in total. The summed E-state index contributed by atoms with van der Waals surface area (Å²) in [7, 11) is 6.95. The van der Waals surface area contributed by atoms with Crippen LogP contribution in [0.5, 0.6) is 17.2 Å². The summed E-state index contributed by atoms with van der Waals surface area (Å²) in [4.78, 5) is 0. The maximum atomic E-state index is 5.50. The SMILES string of the molecule is CCCCCC(NC)c1cc(OC)c(OC)cc1OC. The topological polar surface area (TPSA) is 39.7 Å². The molecule has 0 amide bonds. The second kappa shape index (κ2) is 8.69. The third kappa shape index (κ3) is 4.04. The van der Waals surface area contributed by atoms with Crippen LogP contribution in [0.3, 0.4) is 0 Å². The lowest BCUT2D eigenvalue weighted by molar-refractivity contribution is 0.344. The fourth-order valence-electron chi connectivity index (χ4n) is 2.38. The van der Waals surface area contributed by atoms with Gasteiger partial charge in [0.05, 0.1) is 21.3 Å². The zero-order valence-corrected chi connectivity index (χ0v) is 13.3. The van der Waals surface area contributed by atoms with Crippen molar-refractivity contribution in [3.8, 4) is 17.2 Å². The molecular formula is C16H27NO3. The lowest BCUT2D eigenvalue weighted by Gasteiger charge is -2.21. The maximum absolute atomic E-state index is 5.50. The average molecular weight is 281 g/mol. The van der Waals surface area contributed by atoms with Crippen molar-refractivity contribution in [3.63, 3.8) is 0 Å². The minimum Gasteiger partial charge on any atom is -0.496 e. The van der Waals surface area contributed by atoms with E-state index in [0.717, 1.165) is 23.5 Å². The highest BCUT2D eigenvalue weighted by molar-refractivity contribution is 5.51. The molecule has 0 radical (unpaired) electrons. The monoisotopic (exact) mass is 281 g/mol. The van der Waals surface area contributed by atoms with E-state index in [1.807, 2.05) is 19.2 Å². The van der Waals surface area contributed by atoms with E-state index in [-0.39, 0.29) is 6.04 Å². The Hall–Kier alpha value is -1.42. The van der Waals surface area contributed by atoms with E-state index in [2.05, 4.69) is 12.2 Å². The van der Waals surface area contributed by atoms with Gasteiger partial charge in [0, 0.05) is 17.7 Å². The van der Waals surface area contributed by atoms with Crippen molar-refractivity contribution in [2.45, 2.75) is 38.6 Å². The number of rotatable bonds is 9. The standard InChI is InChI=1S/C16H27NO3/c1-6-7-8-9-13(17-2)12-10-15(19-4)16(20-5)11-14(12)18-3/h10-11,13,17H,6-9H2,1-5H3. The quantitative estimate of drug-likeness (QED) is 0.703. The van der Waals surface area contributed by atoms with Gasteiger partial charge in [-0.05, 0) is 19.5 Å². The van der Waals surface area contributed by atoms with Crippen molar-refractivity contribution in [2.75, 3.05) is 28.4 Å². The Bertz CT molecular complexity index is 407. The largest absolute Gasteiger partial charge is 0.496 e. The number of hydrogen-bond donors (Lipinski definition) is 1. The summed E-state index contributed by atoms with van der Waals surface area (Å²) in [6.07, 6.45) is 4.74. The molecule has 0 saturated heterocycles. The number of hydrogen-bond acceptors (Lipinski definition) is 4. The van der Waals surface area contributed by atoms with Crippen LogP contribution in [0, 0.1) is 0 Å². The van der Waals surface area contributed by atoms with Gasteiger partial charge in [0.25, 0.3) is 0 Å². The van der Waals surface area contributed by atoms with Crippen molar-refractivity contribution in [1.82, 2.24) is 5.32 Å². The lowest BCUT2D eigenvalue weighted by atomic mass is 9.99. The molecule has 1 aromatic carbocycles. The van der Waals surface area contributed by atoms with Crippen LogP contribution in [-0.2, 0) is 0 Å². The Kier molecular flexibility index (Phi) is 7.23. The number of methoxy groups -OCH3 is 3. The van der Waals surface area contributed by atoms with Crippen LogP contribution >= 0.6 is 0 Å². The number of ether oxygens (including phenoxy) is 3. The van der Waals surface area contributed by atoms with Crippen LogP contribution in [0.2, 0.25) is 0 Å². The van der Waals surface area contributed by atoms with Gasteiger partial charge < -0.3 is 19.5 Å². The fourth-order valence-corrected chi connectivity index (χ4v) is 2.38. The molecule has 0 aromatic heterocycles. The fraction of sp³-hybridized carbons (Fsp3) is 0.625. The summed E-state index contributed by atoms with van der Waals surface area (Å²) in [6.45, 7) is 2.21. The lowest BCUT2D eigenvalue weighted by Crippen LogP contribution is -2.17. The summed E-state index contributed by atoms with van der Waals surface area (Å²) in [5, 5.41) is 3.36. The Labute approximate surface area is 122 Å². The highest BCUT2D eigenvalue weighted by Gasteiger charge is 2.18. The minimum absolute atomic E-state index is 0.260. The third-order valence-electron chi connectivity index (χ3n) is 3.56. The Morgan fingerprint density at radius 2 is 1.55 bits per heavy atom. The van der Waals surface area contributed by atoms with Crippen LogP contribution in [-0.4, -0.2) is 28.4 Å². The van der Waals surface area contributed by atoms with E-state index < -0.39 is 0 Å². The van der Waals surface area contributed by atoms with E-state index in [9.17, 15) is 0 Å². The number of benzene rings is 1. The van der Waals surface area contributed by atoms with Crippen LogP contribution in [0.15, 0.2) is 12.1 Å². The smallest absolute Gasteiger partial charge is 0.164 e. The van der Waals surface area contributed by atoms with Crippen LogP contribution in [0.4, 0.5) is 0 Å². The highest BCUT2D eigenvalue weighted by atomic mass is 16.5. The zero-order chi connectivity index (χ0) is 15.0. The molecule has 0 heterocycles. The molecule has 1 aromatic rings. The zero-order valence-electron chi connectivity index (χ0n) is 13.3. The second-order valence-electron chi connectivity index (χ2n) is 4.79. The molecule has 0 spiro atoms. The molecule has 0 aliphatic carbocycles. The van der Waals surface area contributed by atoms with Crippen molar-refractivity contribution in [2.24, 2.45) is 0 Å². The molecule has 114 valence electrons. The summed E-state index contributed by atoms with van der Waals surface area (Å²) < 4.78 is 16.2. The predicted octanol–water partition coefficient (Wildman–Crippen LogP) is 3.55. The molecule has 0 fully saturated rings. The van der Waals surface area contributed by atoms with Gasteiger partial charge in [0.1, 0.15) is 5.75 Å². The first-order chi connectivity index (χ1) is 9.71. The molecular weight excluding hydrogens is 254 g/mol. The summed E-state index contributed by atoms with van der Waals surface area (Å²) in [5.74, 6) is 2.26. The van der Waals surface area contributed by atoms with Gasteiger partial charge >= 0.3 is 0 Å². The van der Waals surface area contributed by atoms with Gasteiger partial charge in [-0.15, -0.1) is 0 Å². The van der Waals surface area contributed by atoms with Crippen LogP contribution in [0.25, 0.3) is 0 Å². The highest BCUT2D eigenvalue weighted by Crippen LogP contribution is 2.38. The molecule has 0 saturated carbocycles. The summed E-state index contributed by atoms with van der Waals surface area (Å²) >= 11 is 0. The van der Waals surface area contributed by atoms with Gasteiger partial charge in [0.15, 0.2) is 11.5 Å². The van der Waals surface area contributed by atoms with Crippen LogP contribution in [0.1, 0.15) is 44.2 Å². The van der Waals surface area contributed by atoms with Gasteiger partial charge in [0.2, 0.25) is 0 Å². The van der Waals surface area contributed by atoms with Crippen molar-refractivity contribution in [1.29, 1.82) is 0 Å². The van der Waals surface area contributed by atoms with E-state index >= 15 is 0 Å². The van der Waals surface area contributed by atoms with Gasteiger partial charge in [-0.1, -0.05) is 26.2 Å². The molecule has 1 rings (SSSR count). The van der Waals surface area contributed by atoms with Gasteiger partial charge in [-0.3, -0.25) is 0 Å². The predicted molar refractivity (Wildman–Crippen MR) is 82.0 cm³/mol. The first-order valence-electron chi connectivity index (χ1n) is 7.18. The molecule has 20 heavy (non-hydrogen) atoms. The molecule has 0 aliphatic heterocycles. The molecule has 4 heteroatoms. The van der Waals surface area contributed by atoms with Gasteiger partial charge in [-0.2, -0.15) is 0 Å². The number of unbranched alkanes of at least 4 members (excludes halogenated alkanes) is 2. The molecule has 4 nitrogen and oxygen atoms in total. The Balaban J connectivity index is 3.05. The van der Waals surface area contributed by atoms with Crippen molar-refractivity contribution >= 4 is 0 Å². The van der Waals surface area contributed by atoms with E-state index in [1.54, 1.807) is 21.3 Å². The minimum atomic E-state index is 0.260. The van der Waals surface area contributed by atoms with E-state index in [0.29, 0.717) is 5.75 Å². The first kappa shape index (κ1) is 16.6. The first-order valence-corrected chi connectivity index (χ1v) is 7.18. The van der Waals surface area contributed by atoms with Gasteiger partial charge in [-0.25, -0.2) is 0 Å². The van der Waals surface area contributed by atoms with E-state index in [4.69, 9.17) is 14.2 Å². The van der Waals surface area contributed by atoms with E-state index in [1.165, 1.54) is 19.3 Å². The molecule has 1 atom stereocenters. The normalized spacial score (nSPS) is 12.1. The summed E-state index contributed by atoms with van der Waals surface area (Å²) in [6, 6.07) is 4.15. The number of nitrogens with one attached hydrogen (secondary N) is 1. The molecule has 1 unspecified atom stereocenters. The summed E-state index contributed by atoms with van der Waals surface area (Å²) in [5.41, 5.74) is 1.11. The Morgan fingerprint density at radius 1 is 0.950 bits per heavy atom. The Morgan fingerprint density at radius 3 is 2.05 bits per heavy atom. The third-order valence-corrected chi connectivity index (χ3v) is 3.56. The van der Waals surface area contributed by atoms with Crippen LogP contribution < -0.4 is 19.5 Å². The van der Waals surface area contributed by atoms with Crippen molar-refractivity contribution < 1.29 is 14.2 Å². The second-order valence-corrected chi connectivity index (χ2v) is 4.79. The molecule has 0 bridgehead atoms. The van der Waals surface area contributed by atoms with Crippen molar-refractivity contribution in [3.05, 3.63) is 17.7 Å². The average Bonchev–Trinajstić information content (AvgIpc) is 2.50. The molecule has 0 aliphatic rings.